The Morgan fingerprint density at radius 1 is 1.43 bits per heavy atom. The van der Waals surface area contributed by atoms with E-state index in [4.69, 9.17) is 0 Å². The van der Waals surface area contributed by atoms with Crippen molar-refractivity contribution >= 4 is 23.5 Å². The number of carbonyl (C=O) groups is 3. The van der Waals surface area contributed by atoms with Gasteiger partial charge in [0.25, 0.3) is 0 Å². The summed E-state index contributed by atoms with van der Waals surface area (Å²) in [5.74, 6) is -0.993. The third kappa shape index (κ3) is 3.39. The second kappa shape index (κ2) is 6.39. The number of esters is 1. The van der Waals surface area contributed by atoms with E-state index in [0.717, 1.165) is 5.56 Å². The van der Waals surface area contributed by atoms with Gasteiger partial charge < -0.3 is 15.0 Å². The van der Waals surface area contributed by atoms with Crippen LogP contribution < -0.4 is 10.2 Å². The van der Waals surface area contributed by atoms with Crippen molar-refractivity contribution in [2.75, 3.05) is 25.6 Å². The van der Waals surface area contributed by atoms with E-state index in [1.54, 1.807) is 30.1 Å². The minimum atomic E-state index is -0.426. The van der Waals surface area contributed by atoms with Crippen LogP contribution in [0.2, 0.25) is 0 Å². The second-order valence-corrected chi connectivity index (χ2v) is 4.95. The fourth-order valence-electron chi connectivity index (χ4n) is 2.39. The van der Waals surface area contributed by atoms with Gasteiger partial charge in [-0.25, -0.2) is 0 Å². The maximum Gasteiger partial charge on any atom is 0.311 e. The van der Waals surface area contributed by atoms with Crippen molar-refractivity contribution in [1.29, 1.82) is 0 Å². The Morgan fingerprint density at radius 3 is 2.86 bits per heavy atom. The Kier molecular flexibility index (Phi) is 4.57. The van der Waals surface area contributed by atoms with Crippen LogP contribution in [0, 0.1) is 5.92 Å². The van der Waals surface area contributed by atoms with Gasteiger partial charge in [0.1, 0.15) is 0 Å². The topological polar surface area (TPSA) is 75.7 Å². The summed E-state index contributed by atoms with van der Waals surface area (Å²) in [6, 6.07) is 7.22. The second-order valence-electron chi connectivity index (χ2n) is 4.95. The quantitative estimate of drug-likeness (QED) is 0.819. The summed E-state index contributed by atoms with van der Waals surface area (Å²) >= 11 is 0. The molecule has 1 fully saturated rings. The van der Waals surface area contributed by atoms with E-state index >= 15 is 0 Å². The first-order valence-corrected chi connectivity index (χ1v) is 6.73. The minimum Gasteiger partial charge on any atom is -0.469 e. The SMILES string of the molecule is CNC(=O)Cc1cccc(N2CC(C(=O)OC)CC2=O)c1. The number of anilines is 1. The summed E-state index contributed by atoms with van der Waals surface area (Å²) in [6.45, 7) is 0.314. The van der Waals surface area contributed by atoms with Gasteiger partial charge in [-0.05, 0) is 17.7 Å². The molecule has 1 unspecified atom stereocenters. The number of ether oxygens (including phenoxy) is 1. The van der Waals surface area contributed by atoms with Gasteiger partial charge in [0.2, 0.25) is 11.8 Å². The van der Waals surface area contributed by atoms with Gasteiger partial charge in [0.15, 0.2) is 0 Å². The predicted octanol–water partition coefficient (Wildman–Crippen LogP) is 0.501. The van der Waals surface area contributed by atoms with Crippen molar-refractivity contribution in [3.05, 3.63) is 29.8 Å². The lowest BCUT2D eigenvalue weighted by atomic mass is 10.1. The molecule has 0 aromatic heterocycles. The fraction of sp³-hybridized carbons (Fsp3) is 0.400. The van der Waals surface area contributed by atoms with Crippen LogP contribution in [-0.4, -0.2) is 38.5 Å². The maximum atomic E-state index is 12.0. The summed E-state index contributed by atoms with van der Waals surface area (Å²) in [6.07, 6.45) is 0.416. The number of benzene rings is 1. The molecule has 0 aliphatic carbocycles. The largest absolute Gasteiger partial charge is 0.469 e. The van der Waals surface area contributed by atoms with Crippen molar-refractivity contribution < 1.29 is 19.1 Å². The third-order valence-electron chi connectivity index (χ3n) is 3.53. The zero-order valence-corrected chi connectivity index (χ0v) is 12.1. The summed E-state index contributed by atoms with van der Waals surface area (Å²) in [5, 5.41) is 2.56. The molecule has 0 saturated carbocycles. The van der Waals surface area contributed by atoms with Crippen molar-refractivity contribution in [1.82, 2.24) is 5.32 Å². The summed E-state index contributed by atoms with van der Waals surface area (Å²) in [5.41, 5.74) is 1.52. The van der Waals surface area contributed by atoms with Crippen molar-refractivity contribution in [3.8, 4) is 0 Å². The number of carbonyl (C=O) groups excluding carboxylic acids is 3. The predicted molar refractivity (Wildman–Crippen MR) is 76.7 cm³/mol. The fourth-order valence-corrected chi connectivity index (χ4v) is 2.39. The number of hydrogen-bond acceptors (Lipinski definition) is 4. The zero-order chi connectivity index (χ0) is 15.4. The van der Waals surface area contributed by atoms with Crippen LogP contribution in [0.25, 0.3) is 0 Å². The first-order valence-electron chi connectivity index (χ1n) is 6.73. The Bertz CT molecular complexity index is 571. The molecular weight excluding hydrogens is 272 g/mol. The smallest absolute Gasteiger partial charge is 0.311 e. The molecule has 1 heterocycles. The van der Waals surface area contributed by atoms with E-state index in [1.807, 2.05) is 6.07 Å². The molecule has 1 saturated heterocycles. The molecule has 1 aliphatic heterocycles. The van der Waals surface area contributed by atoms with Crippen LogP contribution in [0.3, 0.4) is 0 Å². The van der Waals surface area contributed by atoms with Crippen molar-refractivity contribution in [3.63, 3.8) is 0 Å². The standard InChI is InChI=1S/C15H18N2O4/c1-16-13(18)7-10-4-3-5-12(6-10)17-9-11(8-14(17)19)15(20)21-2/h3-6,11H,7-9H2,1-2H3,(H,16,18). The first-order chi connectivity index (χ1) is 10.0. The highest BCUT2D eigenvalue weighted by Gasteiger charge is 2.35. The third-order valence-corrected chi connectivity index (χ3v) is 3.53. The van der Waals surface area contributed by atoms with E-state index in [1.165, 1.54) is 7.11 Å². The molecule has 0 bridgehead atoms. The monoisotopic (exact) mass is 290 g/mol. The molecule has 1 N–H and O–H groups in total. The molecule has 2 rings (SSSR count). The highest BCUT2D eigenvalue weighted by molar-refractivity contribution is 5.99. The van der Waals surface area contributed by atoms with Gasteiger partial charge in [0.05, 0.1) is 19.4 Å². The lowest BCUT2D eigenvalue weighted by Crippen LogP contribution is -2.26. The number of methoxy groups -OCH3 is 1. The molecule has 112 valence electrons. The van der Waals surface area contributed by atoms with Crippen molar-refractivity contribution in [2.24, 2.45) is 5.92 Å². The Balaban J connectivity index is 2.15. The maximum absolute atomic E-state index is 12.0. The van der Waals surface area contributed by atoms with Gasteiger partial charge in [-0.15, -0.1) is 0 Å². The average molecular weight is 290 g/mol. The number of nitrogens with one attached hydrogen (secondary N) is 1. The van der Waals surface area contributed by atoms with Crippen LogP contribution in [0.15, 0.2) is 24.3 Å². The van der Waals surface area contributed by atoms with Gasteiger partial charge in [-0.2, -0.15) is 0 Å². The molecule has 0 spiro atoms. The van der Waals surface area contributed by atoms with Crippen LogP contribution in [0.1, 0.15) is 12.0 Å². The number of rotatable bonds is 4. The lowest BCUT2D eigenvalue weighted by Gasteiger charge is -2.17. The Morgan fingerprint density at radius 2 is 2.19 bits per heavy atom. The number of hydrogen-bond donors (Lipinski definition) is 1. The molecule has 1 aromatic rings. The molecule has 2 amide bonds. The molecule has 1 aliphatic rings. The van der Waals surface area contributed by atoms with Gasteiger partial charge >= 0.3 is 5.97 Å². The molecule has 21 heavy (non-hydrogen) atoms. The van der Waals surface area contributed by atoms with Crippen LogP contribution in [0.5, 0.6) is 0 Å². The number of amides is 2. The molecule has 6 heteroatoms. The van der Waals surface area contributed by atoms with E-state index < -0.39 is 5.92 Å². The molecular formula is C15H18N2O4. The molecule has 6 nitrogen and oxygen atoms in total. The molecule has 1 atom stereocenters. The lowest BCUT2D eigenvalue weighted by molar-refractivity contribution is -0.145. The average Bonchev–Trinajstić information content (AvgIpc) is 2.88. The van der Waals surface area contributed by atoms with E-state index in [2.05, 4.69) is 10.1 Å². The number of likely N-dealkylation sites (N-methyl/N-ethyl adjacent to an activating group) is 1. The van der Waals surface area contributed by atoms with E-state index in [-0.39, 0.29) is 30.6 Å². The first kappa shape index (κ1) is 15.0. The van der Waals surface area contributed by atoms with Crippen LogP contribution >= 0.6 is 0 Å². The van der Waals surface area contributed by atoms with Crippen molar-refractivity contribution in [2.45, 2.75) is 12.8 Å². The van der Waals surface area contributed by atoms with E-state index in [9.17, 15) is 14.4 Å². The Labute approximate surface area is 123 Å². The summed E-state index contributed by atoms with van der Waals surface area (Å²) in [4.78, 5) is 36.5. The zero-order valence-electron chi connectivity index (χ0n) is 12.1. The van der Waals surface area contributed by atoms with Gasteiger partial charge in [0, 0.05) is 25.7 Å². The van der Waals surface area contributed by atoms with E-state index in [0.29, 0.717) is 12.2 Å². The van der Waals surface area contributed by atoms with Crippen LogP contribution in [-0.2, 0) is 25.5 Å². The number of nitrogens with zero attached hydrogens (tertiary/aromatic N) is 1. The Hall–Kier alpha value is -2.37. The van der Waals surface area contributed by atoms with Gasteiger partial charge in [-0.3, -0.25) is 14.4 Å². The molecule has 1 aromatic carbocycles. The molecule has 0 radical (unpaired) electrons. The van der Waals surface area contributed by atoms with Gasteiger partial charge in [-0.1, -0.05) is 12.1 Å². The summed E-state index contributed by atoms with van der Waals surface area (Å²) in [7, 11) is 2.90. The highest BCUT2D eigenvalue weighted by Crippen LogP contribution is 2.26. The summed E-state index contributed by atoms with van der Waals surface area (Å²) < 4.78 is 4.69. The highest BCUT2D eigenvalue weighted by atomic mass is 16.5. The van der Waals surface area contributed by atoms with Crippen LogP contribution in [0.4, 0.5) is 5.69 Å². The minimum absolute atomic E-state index is 0.0904. The normalized spacial score (nSPS) is 17.7.